The average Bonchev–Trinajstić information content (AvgIpc) is 2.43. The summed E-state index contributed by atoms with van der Waals surface area (Å²) in [6, 6.07) is 15.0. The zero-order valence-corrected chi connectivity index (χ0v) is 12.2. The predicted octanol–water partition coefficient (Wildman–Crippen LogP) is 4.39. The molecule has 0 radical (unpaired) electrons. The first-order valence-electron chi connectivity index (χ1n) is 6.15. The summed E-state index contributed by atoms with van der Waals surface area (Å²) < 4.78 is 5.34. The van der Waals surface area contributed by atoms with Crippen LogP contribution in [0.4, 0.5) is 0 Å². The lowest BCUT2D eigenvalue weighted by molar-refractivity contribution is 0.167. The number of halogens is 2. The topological polar surface area (TPSA) is 29.5 Å². The van der Waals surface area contributed by atoms with E-state index in [4.69, 9.17) is 33.0 Å². The van der Waals surface area contributed by atoms with Crippen molar-refractivity contribution in [3.05, 3.63) is 76.0 Å². The summed E-state index contributed by atoms with van der Waals surface area (Å²) in [5, 5.41) is 10.1. The summed E-state index contributed by atoms with van der Waals surface area (Å²) in [4.78, 5) is 0. The van der Waals surface area contributed by atoms with Gasteiger partial charge < -0.3 is 9.84 Å². The lowest BCUT2D eigenvalue weighted by Crippen LogP contribution is -1.95. The van der Waals surface area contributed by atoms with Crippen LogP contribution in [0.2, 0.25) is 10.0 Å². The summed E-state index contributed by atoms with van der Waals surface area (Å²) >= 11 is 12.1. The molecule has 0 unspecified atom stereocenters. The summed E-state index contributed by atoms with van der Waals surface area (Å²) in [6.07, 6.45) is 1.62. The van der Waals surface area contributed by atoms with E-state index in [9.17, 15) is 0 Å². The second kappa shape index (κ2) is 7.34. The third-order valence-corrected chi connectivity index (χ3v) is 3.15. The monoisotopic (exact) mass is 308 g/mol. The molecule has 0 saturated heterocycles. The Balaban J connectivity index is 2.42. The van der Waals surface area contributed by atoms with Gasteiger partial charge in [-0.15, -0.1) is 0 Å². The molecule has 0 fully saturated rings. The first-order valence-corrected chi connectivity index (χ1v) is 6.91. The quantitative estimate of drug-likeness (QED) is 0.655. The Kier molecular flexibility index (Phi) is 5.48. The van der Waals surface area contributed by atoms with Gasteiger partial charge in [0.05, 0.1) is 12.9 Å². The number of hydrogen-bond donors (Lipinski definition) is 1. The number of aliphatic hydroxyl groups is 1. The number of rotatable bonds is 5. The van der Waals surface area contributed by atoms with Crippen LogP contribution in [0.5, 0.6) is 0 Å². The lowest BCUT2D eigenvalue weighted by Gasteiger charge is -2.10. The van der Waals surface area contributed by atoms with Crippen molar-refractivity contribution >= 4 is 28.8 Å². The zero-order valence-electron chi connectivity index (χ0n) is 10.7. The molecule has 2 aromatic carbocycles. The van der Waals surface area contributed by atoms with E-state index in [-0.39, 0.29) is 13.2 Å². The maximum Gasteiger partial charge on any atom is 0.110 e. The van der Waals surface area contributed by atoms with E-state index < -0.39 is 0 Å². The molecule has 0 aliphatic heterocycles. The van der Waals surface area contributed by atoms with E-state index in [1.54, 1.807) is 6.26 Å². The molecular weight excluding hydrogens is 295 g/mol. The van der Waals surface area contributed by atoms with Gasteiger partial charge in [-0.2, -0.15) is 0 Å². The molecule has 2 aromatic rings. The molecule has 1 N–H and O–H groups in total. The number of hydrogen-bond acceptors (Lipinski definition) is 2. The van der Waals surface area contributed by atoms with E-state index in [0.29, 0.717) is 10.0 Å². The maximum atomic E-state index is 8.81. The van der Waals surface area contributed by atoms with Crippen molar-refractivity contribution in [3.63, 3.8) is 0 Å². The minimum Gasteiger partial charge on any atom is -0.498 e. The minimum absolute atomic E-state index is 0.0329. The molecule has 0 saturated carbocycles. The molecule has 2 nitrogen and oxygen atoms in total. The fourth-order valence-corrected chi connectivity index (χ4v) is 2.19. The smallest absolute Gasteiger partial charge is 0.110 e. The van der Waals surface area contributed by atoms with Gasteiger partial charge in [-0.1, -0.05) is 47.5 Å². The molecule has 0 bridgehead atoms. The van der Waals surface area contributed by atoms with Crippen molar-refractivity contribution < 1.29 is 9.84 Å². The van der Waals surface area contributed by atoms with Crippen LogP contribution in [-0.2, 0) is 4.74 Å². The van der Waals surface area contributed by atoms with E-state index in [1.165, 1.54) is 0 Å². The number of aliphatic hydroxyl groups excluding tert-OH is 1. The molecule has 104 valence electrons. The Morgan fingerprint density at radius 2 is 1.55 bits per heavy atom. The van der Waals surface area contributed by atoms with Crippen molar-refractivity contribution in [2.24, 2.45) is 0 Å². The van der Waals surface area contributed by atoms with Gasteiger partial charge in [-0.25, -0.2) is 0 Å². The highest BCUT2D eigenvalue weighted by Gasteiger charge is 2.07. The highest BCUT2D eigenvalue weighted by Crippen LogP contribution is 2.27. The highest BCUT2D eigenvalue weighted by molar-refractivity contribution is 6.31. The summed E-state index contributed by atoms with van der Waals surface area (Å²) in [5.74, 6) is 0. The Morgan fingerprint density at radius 3 is 2.00 bits per heavy atom. The van der Waals surface area contributed by atoms with Gasteiger partial charge in [0, 0.05) is 15.6 Å². The molecular formula is C16H14Cl2O2. The van der Waals surface area contributed by atoms with Crippen LogP contribution in [0.1, 0.15) is 11.1 Å². The second-order valence-electron chi connectivity index (χ2n) is 4.15. The van der Waals surface area contributed by atoms with Crippen LogP contribution in [-0.4, -0.2) is 18.3 Å². The Hall–Kier alpha value is -1.48. The van der Waals surface area contributed by atoms with Gasteiger partial charge in [0.1, 0.15) is 6.61 Å². The van der Waals surface area contributed by atoms with Crippen LogP contribution < -0.4 is 0 Å². The molecule has 0 aliphatic rings. The second-order valence-corrected chi connectivity index (χ2v) is 5.02. The van der Waals surface area contributed by atoms with Crippen molar-refractivity contribution in [2.45, 2.75) is 0 Å². The number of benzene rings is 2. The van der Waals surface area contributed by atoms with E-state index in [2.05, 4.69) is 0 Å². The molecule has 0 amide bonds. The van der Waals surface area contributed by atoms with Gasteiger partial charge in [0.15, 0.2) is 0 Å². The van der Waals surface area contributed by atoms with Crippen molar-refractivity contribution in [2.75, 3.05) is 13.2 Å². The Bertz CT molecular complexity index is 561. The molecule has 0 aliphatic carbocycles. The minimum atomic E-state index is -0.0329. The van der Waals surface area contributed by atoms with Crippen LogP contribution in [0.15, 0.2) is 54.8 Å². The predicted molar refractivity (Wildman–Crippen MR) is 83.0 cm³/mol. The largest absolute Gasteiger partial charge is 0.498 e. The molecule has 0 heterocycles. The van der Waals surface area contributed by atoms with Gasteiger partial charge in [0.2, 0.25) is 0 Å². The van der Waals surface area contributed by atoms with Crippen molar-refractivity contribution in [1.29, 1.82) is 0 Å². The summed E-state index contributed by atoms with van der Waals surface area (Å²) in [6.45, 7) is 0.208. The van der Waals surface area contributed by atoms with Crippen LogP contribution in [0.25, 0.3) is 5.57 Å². The first kappa shape index (κ1) is 14.9. The Morgan fingerprint density at radius 1 is 1.00 bits per heavy atom. The highest BCUT2D eigenvalue weighted by atomic mass is 35.5. The summed E-state index contributed by atoms with van der Waals surface area (Å²) in [7, 11) is 0. The summed E-state index contributed by atoms with van der Waals surface area (Å²) in [5.41, 5.74) is 2.72. The van der Waals surface area contributed by atoms with E-state index in [0.717, 1.165) is 16.7 Å². The molecule has 2 rings (SSSR count). The fraction of sp³-hybridized carbons (Fsp3) is 0.125. The molecule has 0 spiro atoms. The maximum absolute atomic E-state index is 8.81. The third kappa shape index (κ3) is 4.01. The average molecular weight is 309 g/mol. The van der Waals surface area contributed by atoms with Crippen molar-refractivity contribution in [1.82, 2.24) is 0 Å². The van der Waals surface area contributed by atoms with Crippen LogP contribution in [0.3, 0.4) is 0 Å². The Labute approximate surface area is 128 Å². The van der Waals surface area contributed by atoms with Gasteiger partial charge in [0.25, 0.3) is 0 Å². The molecule has 0 atom stereocenters. The van der Waals surface area contributed by atoms with E-state index in [1.807, 2.05) is 48.5 Å². The van der Waals surface area contributed by atoms with Crippen molar-refractivity contribution in [3.8, 4) is 0 Å². The lowest BCUT2D eigenvalue weighted by atomic mass is 9.99. The molecule has 0 aromatic heterocycles. The third-order valence-electron chi connectivity index (χ3n) is 2.68. The van der Waals surface area contributed by atoms with Gasteiger partial charge >= 0.3 is 0 Å². The van der Waals surface area contributed by atoms with Crippen LogP contribution >= 0.6 is 23.2 Å². The SMILES string of the molecule is OCCOC=C(c1cccc(Cl)c1)c1cccc(Cl)c1. The van der Waals surface area contributed by atoms with Gasteiger partial charge in [-0.05, 0) is 35.4 Å². The zero-order chi connectivity index (χ0) is 14.4. The molecule has 20 heavy (non-hydrogen) atoms. The fourth-order valence-electron chi connectivity index (χ4n) is 1.81. The standard InChI is InChI=1S/C16H14Cl2O2/c17-14-5-1-3-12(9-14)16(11-20-8-7-19)13-4-2-6-15(18)10-13/h1-6,9-11,19H,7-8H2. The van der Waals surface area contributed by atoms with Gasteiger partial charge in [-0.3, -0.25) is 0 Å². The number of ether oxygens (including phenoxy) is 1. The van der Waals surface area contributed by atoms with Crippen LogP contribution in [0, 0.1) is 0 Å². The van der Waals surface area contributed by atoms with E-state index >= 15 is 0 Å². The normalized spacial score (nSPS) is 10.2. The molecule has 4 heteroatoms. The first-order chi connectivity index (χ1) is 9.70.